The fourth-order valence-corrected chi connectivity index (χ4v) is 3.01. The minimum Gasteiger partial charge on any atom is -0.491 e. The van der Waals surface area contributed by atoms with Gasteiger partial charge in [-0.1, -0.05) is 17.7 Å². The summed E-state index contributed by atoms with van der Waals surface area (Å²) in [6.45, 7) is 7.22. The van der Waals surface area contributed by atoms with Crippen molar-refractivity contribution in [3.8, 4) is 5.75 Å². The third-order valence-corrected chi connectivity index (χ3v) is 4.59. The Bertz CT molecular complexity index is 657. The number of rotatable bonds is 6. The molecular formula is C19H25N3O2. The number of ether oxygens (including phenoxy) is 2. The van der Waals surface area contributed by atoms with E-state index in [0.717, 1.165) is 43.2 Å². The molecule has 5 nitrogen and oxygen atoms in total. The fourth-order valence-electron chi connectivity index (χ4n) is 3.01. The molecule has 0 aliphatic carbocycles. The van der Waals surface area contributed by atoms with Crippen molar-refractivity contribution in [1.82, 2.24) is 14.9 Å². The molecule has 0 radical (unpaired) electrons. The van der Waals surface area contributed by atoms with Gasteiger partial charge in [-0.15, -0.1) is 0 Å². The molecule has 1 aromatic carbocycles. The Balaban J connectivity index is 1.57. The largest absolute Gasteiger partial charge is 0.491 e. The number of nitrogens with zero attached hydrogens (tertiary/aromatic N) is 3. The number of benzene rings is 1. The highest BCUT2D eigenvalue weighted by atomic mass is 16.5. The van der Waals surface area contributed by atoms with Crippen molar-refractivity contribution in [2.45, 2.75) is 32.4 Å². The zero-order chi connectivity index (χ0) is 17.0. The molecule has 0 amide bonds. The maximum absolute atomic E-state index is 5.98. The number of hydrogen-bond donors (Lipinski definition) is 0. The van der Waals surface area contributed by atoms with E-state index in [9.17, 15) is 0 Å². The summed E-state index contributed by atoms with van der Waals surface area (Å²) in [4.78, 5) is 10.9. The lowest BCUT2D eigenvalue weighted by molar-refractivity contribution is -0.0359. The summed E-state index contributed by atoms with van der Waals surface area (Å²) < 4.78 is 11.8. The molecule has 1 fully saturated rings. The normalized spacial score (nSPS) is 21.1. The molecule has 1 atom stereocenters. The predicted octanol–water partition coefficient (Wildman–Crippen LogP) is 2.76. The number of likely N-dealkylation sites (tertiary alicyclic amines) is 1. The molecule has 0 saturated carbocycles. The summed E-state index contributed by atoms with van der Waals surface area (Å²) in [7, 11) is 1.77. The average molecular weight is 327 g/mol. The van der Waals surface area contributed by atoms with Gasteiger partial charge in [0.25, 0.3) is 0 Å². The zero-order valence-corrected chi connectivity index (χ0v) is 14.7. The van der Waals surface area contributed by atoms with Gasteiger partial charge in [-0.2, -0.15) is 0 Å². The van der Waals surface area contributed by atoms with Crippen LogP contribution in [0.1, 0.15) is 23.4 Å². The van der Waals surface area contributed by atoms with E-state index in [4.69, 9.17) is 9.47 Å². The summed E-state index contributed by atoms with van der Waals surface area (Å²) >= 11 is 0. The lowest BCUT2D eigenvalue weighted by atomic mass is 10.0. The van der Waals surface area contributed by atoms with E-state index in [0.29, 0.717) is 6.61 Å². The maximum atomic E-state index is 5.98. The number of hydrogen-bond acceptors (Lipinski definition) is 5. The number of methoxy groups -OCH3 is 1. The summed E-state index contributed by atoms with van der Waals surface area (Å²) in [5.41, 5.74) is 2.11. The third-order valence-electron chi connectivity index (χ3n) is 4.59. The van der Waals surface area contributed by atoms with Crippen molar-refractivity contribution in [3.63, 3.8) is 0 Å². The van der Waals surface area contributed by atoms with Crippen LogP contribution >= 0.6 is 0 Å². The molecule has 1 aromatic heterocycles. The Kier molecular flexibility index (Phi) is 5.11. The summed E-state index contributed by atoms with van der Waals surface area (Å²) in [6.07, 6.45) is 4.76. The van der Waals surface area contributed by atoms with Crippen LogP contribution in [0.4, 0.5) is 0 Å². The van der Waals surface area contributed by atoms with Gasteiger partial charge in [0.05, 0.1) is 0 Å². The smallest absolute Gasteiger partial charge is 0.125 e. The van der Waals surface area contributed by atoms with E-state index >= 15 is 0 Å². The van der Waals surface area contributed by atoms with Crippen molar-refractivity contribution in [3.05, 3.63) is 53.6 Å². The molecule has 1 saturated heterocycles. The van der Waals surface area contributed by atoms with E-state index < -0.39 is 0 Å². The van der Waals surface area contributed by atoms with Gasteiger partial charge in [0, 0.05) is 44.7 Å². The van der Waals surface area contributed by atoms with Crippen molar-refractivity contribution in [2.24, 2.45) is 0 Å². The van der Waals surface area contributed by atoms with Crippen LogP contribution in [0, 0.1) is 13.8 Å². The van der Waals surface area contributed by atoms with Gasteiger partial charge in [0.1, 0.15) is 23.8 Å². The molecule has 0 spiro atoms. The Morgan fingerprint density at radius 3 is 2.50 bits per heavy atom. The van der Waals surface area contributed by atoms with Gasteiger partial charge in [-0.3, -0.25) is 4.90 Å². The van der Waals surface area contributed by atoms with E-state index in [2.05, 4.69) is 33.9 Å². The van der Waals surface area contributed by atoms with Gasteiger partial charge in [0.15, 0.2) is 0 Å². The van der Waals surface area contributed by atoms with Crippen molar-refractivity contribution < 1.29 is 9.47 Å². The molecule has 2 heterocycles. The van der Waals surface area contributed by atoms with E-state index in [1.165, 1.54) is 5.56 Å². The molecule has 128 valence electrons. The van der Waals surface area contributed by atoms with Crippen LogP contribution in [-0.4, -0.2) is 47.3 Å². The first-order valence-corrected chi connectivity index (χ1v) is 8.33. The second kappa shape index (κ2) is 7.28. The van der Waals surface area contributed by atoms with Gasteiger partial charge < -0.3 is 9.47 Å². The van der Waals surface area contributed by atoms with Gasteiger partial charge in [0.2, 0.25) is 0 Å². The molecule has 1 aliphatic rings. The number of aromatic nitrogens is 2. The Morgan fingerprint density at radius 2 is 1.83 bits per heavy atom. The van der Waals surface area contributed by atoms with Crippen LogP contribution < -0.4 is 4.74 Å². The van der Waals surface area contributed by atoms with Crippen molar-refractivity contribution in [1.29, 1.82) is 0 Å². The minimum atomic E-state index is -0.254. The fraction of sp³-hybridized carbons (Fsp3) is 0.474. The van der Waals surface area contributed by atoms with E-state index in [-0.39, 0.29) is 5.60 Å². The van der Waals surface area contributed by atoms with Crippen LogP contribution in [0.2, 0.25) is 0 Å². The van der Waals surface area contributed by atoms with Gasteiger partial charge in [-0.25, -0.2) is 9.97 Å². The molecule has 5 heteroatoms. The van der Waals surface area contributed by atoms with Crippen molar-refractivity contribution in [2.75, 3.05) is 26.8 Å². The minimum absolute atomic E-state index is 0.254. The topological polar surface area (TPSA) is 47.5 Å². The van der Waals surface area contributed by atoms with Crippen LogP contribution in [0.5, 0.6) is 5.75 Å². The molecule has 3 rings (SSSR count). The standard InChI is InChI=1S/C19H25N3O2/c1-15-4-6-18(7-5-15)24-14-19(23-3)8-9-22(13-19)12-17-10-20-16(2)21-11-17/h4-7,10-11H,8-9,12-14H2,1-3H3/t19-/m0/s1. The highest BCUT2D eigenvalue weighted by molar-refractivity contribution is 5.26. The van der Waals surface area contributed by atoms with Crippen LogP contribution in [0.15, 0.2) is 36.7 Å². The maximum Gasteiger partial charge on any atom is 0.125 e. The molecule has 24 heavy (non-hydrogen) atoms. The van der Waals surface area contributed by atoms with E-state index in [1.807, 2.05) is 31.5 Å². The van der Waals surface area contributed by atoms with Crippen molar-refractivity contribution >= 4 is 0 Å². The monoisotopic (exact) mass is 327 g/mol. The molecule has 0 bridgehead atoms. The first kappa shape index (κ1) is 16.9. The molecule has 1 aliphatic heterocycles. The van der Waals surface area contributed by atoms with Crippen LogP contribution in [0.3, 0.4) is 0 Å². The Labute approximate surface area is 143 Å². The second-order valence-electron chi connectivity index (χ2n) is 6.59. The first-order chi connectivity index (χ1) is 11.6. The van der Waals surface area contributed by atoms with Gasteiger partial charge >= 0.3 is 0 Å². The highest BCUT2D eigenvalue weighted by Crippen LogP contribution is 2.27. The number of aryl methyl sites for hydroxylation is 2. The van der Waals surface area contributed by atoms with Crippen LogP contribution in [-0.2, 0) is 11.3 Å². The second-order valence-corrected chi connectivity index (χ2v) is 6.59. The van der Waals surface area contributed by atoms with Crippen LogP contribution in [0.25, 0.3) is 0 Å². The zero-order valence-electron chi connectivity index (χ0n) is 14.7. The lowest BCUT2D eigenvalue weighted by Crippen LogP contribution is -2.41. The Morgan fingerprint density at radius 1 is 1.12 bits per heavy atom. The highest BCUT2D eigenvalue weighted by Gasteiger charge is 2.39. The molecule has 0 unspecified atom stereocenters. The van der Waals surface area contributed by atoms with Gasteiger partial charge in [-0.05, 0) is 32.4 Å². The predicted molar refractivity (Wildman–Crippen MR) is 93.1 cm³/mol. The summed E-state index contributed by atoms with van der Waals surface area (Å²) in [5.74, 6) is 1.69. The summed E-state index contributed by atoms with van der Waals surface area (Å²) in [6, 6.07) is 8.14. The molecule has 2 aromatic rings. The van der Waals surface area contributed by atoms with E-state index in [1.54, 1.807) is 7.11 Å². The average Bonchev–Trinajstić information content (AvgIpc) is 3.00. The third kappa shape index (κ3) is 4.10. The Hall–Kier alpha value is -1.98. The summed E-state index contributed by atoms with van der Waals surface area (Å²) in [5, 5.41) is 0. The lowest BCUT2D eigenvalue weighted by Gasteiger charge is -2.28. The molecular weight excluding hydrogens is 302 g/mol. The quantitative estimate of drug-likeness (QED) is 0.816. The molecule has 0 N–H and O–H groups in total. The first-order valence-electron chi connectivity index (χ1n) is 8.33. The SMILES string of the molecule is CO[C@@]1(COc2ccc(C)cc2)CCN(Cc2cnc(C)nc2)C1.